The average molecular weight is 153 g/mol. The van der Waals surface area contributed by atoms with Gasteiger partial charge in [0.1, 0.15) is 7.28 Å². The Kier molecular flexibility index (Phi) is 5.72. The zero-order valence-corrected chi connectivity index (χ0v) is 8.72. The molecule has 0 bridgehead atoms. The lowest BCUT2D eigenvalue weighted by Crippen LogP contribution is -2.08. The van der Waals surface area contributed by atoms with E-state index in [0.717, 1.165) is 17.6 Å². The van der Waals surface area contributed by atoms with Gasteiger partial charge in [-0.1, -0.05) is 59.1 Å². The molecular formula is C10H22B. The van der Waals surface area contributed by atoms with Gasteiger partial charge in [0, 0.05) is 0 Å². The summed E-state index contributed by atoms with van der Waals surface area (Å²) in [6.07, 6.45) is 2.66. The Morgan fingerprint density at radius 1 is 1.09 bits per heavy atom. The fourth-order valence-electron chi connectivity index (χ4n) is 1.53. The minimum absolute atomic E-state index is 0.749. The number of hydrogen-bond donors (Lipinski definition) is 0. The van der Waals surface area contributed by atoms with E-state index in [1.165, 1.54) is 12.8 Å². The highest BCUT2D eigenvalue weighted by Crippen LogP contribution is 2.23. The smallest absolute Gasteiger partial charge is 0.0742 e. The summed E-state index contributed by atoms with van der Waals surface area (Å²) in [5.74, 6) is 2.43. The molecule has 0 spiro atoms. The molecule has 0 saturated carbocycles. The second-order valence-corrected chi connectivity index (χ2v) is 4.23. The van der Waals surface area contributed by atoms with Crippen molar-refractivity contribution in [2.75, 3.05) is 0 Å². The monoisotopic (exact) mass is 153 g/mol. The molecule has 0 amide bonds. The lowest BCUT2D eigenvalue weighted by atomic mass is 9.53. The lowest BCUT2D eigenvalue weighted by molar-refractivity contribution is 0.543. The van der Waals surface area contributed by atoms with E-state index in [2.05, 4.69) is 41.9 Å². The molecule has 0 nitrogen and oxygen atoms in total. The molecule has 0 aromatic rings. The van der Waals surface area contributed by atoms with E-state index < -0.39 is 0 Å². The first kappa shape index (κ1) is 11.1. The molecule has 1 atom stereocenters. The zero-order chi connectivity index (χ0) is 8.85. The van der Waals surface area contributed by atoms with Gasteiger partial charge < -0.3 is 0 Å². The van der Waals surface area contributed by atoms with E-state index in [-0.39, 0.29) is 0 Å². The molecule has 1 heteroatoms. The highest BCUT2D eigenvalue weighted by Gasteiger charge is 2.11. The molecule has 0 aliphatic heterocycles. The SMILES string of the molecule is CCC([B]C(C)C)CC(C)C. The van der Waals surface area contributed by atoms with E-state index in [1.54, 1.807) is 0 Å². The predicted octanol–water partition coefficient (Wildman–Crippen LogP) is 3.76. The average Bonchev–Trinajstić information content (AvgIpc) is 1.84. The minimum Gasteiger partial charge on any atom is -0.0742 e. The summed E-state index contributed by atoms with van der Waals surface area (Å²) in [5.41, 5.74) is 0. The van der Waals surface area contributed by atoms with Gasteiger partial charge in [-0.25, -0.2) is 0 Å². The predicted molar refractivity (Wildman–Crippen MR) is 54.3 cm³/mol. The van der Waals surface area contributed by atoms with E-state index in [9.17, 15) is 0 Å². The van der Waals surface area contributed by atoms with Crippen LogP contribution in [0, 0.1) is 5.92 Å². The maximum absolute atomic E-state index is 2.49. The first-order chi connectivity index (χ1) is 5.06. The summed E-state index contributed by atoms with van der Waals surface area (Å²) in [4.78, 5) is 0. The van der Waals surface area contributed by atoms with Gasteiger partial charge in [0.15, 0.2) is 0 Å². The van der Waals surface area contributed by atoms with Crippen molar-refractivity contribution < 1.29 is 0 Å². The molecular weight excluding hydrogens is 131 g/mol. The van der Waals surface area contributed by atoms with Crippen molar-refractivity contribution in [2.45, 2.75) is 59.1 Å². The highest BCUT2D eigenvalue weighted by atomic mass is 14.0. The van der Waals surface area contributed by atoms with Crippen molar-refractivity contribution in [1.82, 2.24) is 0 Å². The first-order valence-electron chi connectivity index (χ1n) is 4.91. The maximum atomic E-state index is 2.49. The van der Waals surface area contributed by atoms with Gasteiger partial charge >= 0.3 is 0 Å². The van der Waals surface area contributed by atoms with E-state index in [4.69, 9.17) is 0 Å². The van der Waals surface area contributed by atoms with Gasteiger partial charge in [-0.15, -0.1) is 0 Å². The third-order valence-corrected chi connectivity index (χ3v) is 1.96. The molecule has 11 heavy (non-hydrogen) atoms. The van der Waals surface area contributed by atoms with Crippen LogP contribution in [0.5, 0.6) is 0 Å². The van der Waals surface area contributed by atoms with Crippen molar-refractivity contribution in [2.24, 2.45) is 5.92 Å². The third kappa shape index (κ3) is 6.46. The second-order valence-electron chi connectivity index (χ2n) is 4.23. The summed E-state index contributed by atoms with van der Waals surface area (Å²) >= 11 is 0. The summed E-state index contributed by atoms with van der Waals surface area (Å²) < 4.78 is 0. The Labute approximate surface area is 73.0 Å². The largest absolute Gasteiger partial charge is 0.117 e. The summed E-state index contributed by atoms with van der Waals surface area (Å²) in [6.45, 7) is 11.4. The molecule has 1 radical (unpaired) electrons. The Bertz CT molecular complexity index is 76.9. The topological polar surface area (TPSA) is 0 Å². The van der Waals surface area contributed by atoms with Gasteiger partial charge in [-0.2, -0.15) is 0 Å². The quantitative estimate of drug-likeness (QED) is 0.527. The maximum Gasteiger partial charge on any atom is 0.117 e. The van der Waals surface area contributed by atoms with Crippen LogP contribution in [0.2, 0.25) is 11.6 Å². The molecule has 0 rings (SSSR count). The summed E-state index contributed by atoms with van der Waals surface area (Å²) in [5, 5.41) is 0. The van der Waals surface area contributed by atoms with Gasteiger partial charge in [-0.05, 0) is 5.92 Å². The molecule has 65 valence electrons. The minimum atomic E-state index is 0.749. The van der Waals surface area contributed by atoms with Crippen LogP contribution in [0.3, 0.4) is 0 Å². The molecule has 0 fully saturated rings. The summed E-state index contributed by atoms with van der Waals surface area (Å²) in [6, 6.07) is 0. The van der Waals surface area contributed by atoms with Crippen LogP contribution in [0.4, 0.5) is 0 Å². The van der Waals surface area contributed by atoms with Gasteiger partial charge in [0.05, 0.1) is 0 Å². The van der Waals surface area contributed by atoms with Gasteiger partial charge in [0.25, 0.3) is 0 Å². The Morgan fingerprint density at radius 3 is 1.91 bits per heavy atom. The third-order valence-electron chi connectivity index (χ3n) is 1.96. The molecule has 0 aromatic heterocycles. The van der Waals surface area contributed by atoms with Crippen LogP contribution in [-0.4, -0.2) is 7.28 Å². The molecule has 1 unspecified atom stereocenters. The van der Waals surface area contributed by atoms with E-state index in [0.29, 0.717) is 0 Å². The number of rotatable bonds is 5. The molecule has 0 aromatic carbocycles. The van der Waals surface area contributed by atoms with Crippen LogP contribution in [0.1, 0.15) is 47.5 Å². The normalized spacial score (nSPS) is 14.1. The molecule has 0 aliphatic carbocycles. The standard InChI is InChI=1S/C10H22B/c1-6-10(7-8(2)3)11-9(4)5/h8-10H,6-7H2,1-5H3. The second kappa shape index (κ2) is 5.68. The van der Waals surface area contributed by atoms with Crippen LogP contribution < -0.4 is 0 Å². The fraction of sp³-hybridized carbons (Fsp3) is 1.00. The van der Waals surface area contributed by atoms with Crippen LogP contribution in [0.25, 0.3) is 0 Å². The van der Waals surface area contributed by atoms with Crippen molar-refractivity contribution in [3.8, 4) is 0 Å². The van der Waals surface area contributed by atoms with Crippen LogP contribution in [0.15, 0.2) is 0 Å². The zero-order valence-electron chi connectivity index (χ0n) is 8.72. The Hall–Kier alpha value is 0.0649. The van der Waals surface area contributed by atoms with Gasteiger partial charge in [0.2, 0.25) is 0 Å². The van der Waals surface area contributed by atoms with Crippen molar-refractivity contribution >= 4 is 7.28 Å². The van der Waals surface area contributed by atoms with Crippen molar-refractivity contribution in [3.05, 3.63) is 0 Å². The molecule has 0 heterocycles. The lowest BCUT2D eigenvalue weighted by Gasteiger charge is -2.17. The fourth-order valence-corrected chi connectivity index (χ4v) is 1.53. The van der Waals surface area contributed by atoms with Crippen molar-refractivity contribution in [1.29, 1.82) is 0 Å². The van der Waals surface area contributed by atoms with Gasteiger partial charge in [-0.3, -0.25) is 0 Å². The number of hydrogen-bond acceptors (Lipinski definition) is 0. The molecule has 0 aliphatic rings. The molecule has 0 saturated heterocycles. The summed E-state index contributed by atoms with van der Waals surface area (Å²) in [7, 11) is 2.49. The first-order valence-corrected chi connectivity index (χ1v) is 4.91. The van der Waals surface area contributed by atoms with Crippen molar-refractivity contribution in [3.63, 3.8) is 0 Å². The van der Waals surface area contributed by atoms with Crippen LogP contribution in [-0.2, 0) is 0 Å². The highest BCUT2D eigenvalue weighted by molar-refractivity contribution is 6.39. The van der Waals surface area contributed by atoms with Crippen LogP contribution >= 0.6 is 0 Å². The Balaban J connectivity index is 3.58. The van der Waals surface area contributed by atoms with E-state index in [1.807, 2.05) is 0 Å². The molecule has 0 N–H and O–H groups in total. The van der Waals surface area contributed by atoms with E-state index >= 15 is 0 Å². The Morgan fingerprint density at radius 2 is 1.64 bits per heavy atom.